The Morgan fingerprint density at radius 1 is 1.20 bits per heavy atom. The van der Waals surface area contributed by atoms with E-state index in [9.17, 15) is 4.79 Å². The van der Waals surface area contributed by atoms with E-state index in [4.69, 9.17) is 0 Å². The summed E-state index contributed by atoms with van der Waals surface area (Å²) in [6, 6.07) is 16.5. The molecule has 0 bridgehead atoms. The van der Waals surface area contributed by atoms with Crippen molar-refractivity contribution in [2.75, 3.05) is 14.1 Å². The van der Waals surface area contributed by atoms with Gasteiger partial charge in [-0.05, 0) is 17.7 Å². The van der Waals surface area contributed by atoms with Gasteiger partial charge in [-0.1, -0.05) is 48.5 Å². The predicted molar refractivity (Wildman–Crippen MR) is 100 cm³/mol. The number of allylic oxidation sites excluding steroid dienone is 1. The molecule has 0 radical (unpaired) electrons. The van der Waals surface area contributed by atoms with Gasteiger partial charge in [-0.15, -0.1) is 17.9 Å². The monoisotopic (exact) mass is 354 g/mol. The van der Waals surface area contributed by atoms with Gasteiger partial charge in [0.1, 0.15) is 5.01 Å². The molecule has 3 nitrogen and oxygen atoms in total. The molecule has 3 rings (SSSR count). The van der Waals surface area contributed by atoms with Crippen molar-refractivity contribution in [1.82, 2.24) is 9.88 Å². The van der Waals surface area contributed by atoms with Crippen molar-refractivity contribution in [2.24, 2.45) is 0 Å². The maximum atomic E-state index is 16.4. The molecule has 2 aromatic carbocycles. The van der Waals surface area contributed by atoms with E-state index >= 15 is 4.39 Å². The molecular weight excluding hydrogens is 335 g/mol. The lowest BCUT2D eigenvalue weighted by Crippen LogP contribution is -2.44. The van der Waals surface area contributed by atoms with Crippen LogP contribution in [-0.4, -0.2) is 29.9 Å². The first-order valence-corrected chi connectivity index (χ1v) is 8.74. The summed E-state index contributed by atoms with van der Waals surface area (Å²) < 4.78 is 17.3. The number of thiazole rings is 1. The molecule has 3 aromatic rings. The molecule has 1 amide bonds. The molecule has 0 spiro atoms. The molecule has 0 aliphatic heterocycles. The van der Waals surface area contributed by atoms with Crippen molar-refractivity contribution in [3.05, 3.63) is 77.8 Å². The molecule has 0 saturated carbocycles. The first-order valence-electron chi connectivity index (χ1n) is 7.92. The molecule has 2 atom stereocenters. The molecule has 0 aliphatic rings. The number of amides is 1. The third kappa shape index (κ3) is 2.96. The minimum atomic E-state index is -2.31. The fourth-order valence-corrected chi connectivity index (χ4v) is 3.98. The lowest BCUT2D eigenvalue weighted by atomic mass is 9.82. The molecule has 5 heteroatoms. The quantitative estimate of drug-likeness (QED) is 0.631. The second-order valence-corrected chi connectivity index (χ2v) is 7.05. The summed E-state index contributed by atoms with van der Waals surface area (Å²) >= 11 is 1.21. The average molecular weight is 354 g/mol. The molecule has 128 valence electrons. The summed E-state index contributed by atoms with van der Waals surface area (Å²) in [6.07, 6.45) is 1.49. The highest BCUT2D eigenvalue weighted by Crippen LogP contribution is 2.45. The minimum Gasteiger partial charge on any atom is -0.346 e. The number of fused-ring (bicyclic) bond motifs is 1. The Bertz CT molecular complexity index is 873. The number of para-hydroxylation sites is 1. The maximum Gasteiger partial charge on any atom is 0.267 e. The molecule has 25 heavy (non-hydrogen) atoms. The van der Waals surface area contributed by atoms with Gasteiger partial charge in [-0.25, -0.2) is 9.37 Å². The Balaban J connectivity index is 2.22. The maximum absolute atomic E-state index is 16.4. The van der Waals surface area contributed by atoms with Crippen LogP contribution in [-0.2, 0) is 10.5 Å². The van der Waals surface area contributed by atoms with E-state index < -0.39 is 17.5 Å². The summed E-state index contributed by atoms with van der Waals surface area (Å²) in [4.78, 5) is 18.6. The first-order chi connectivity index (χ1) is 12.0. The molecule has 0 aliphatic carbocycles. The highest BCUT2D eigenvalue weighted by Gasteiger charge is 2.51. The van der Waals surface area contributed by atoms with Crippen LogP contribution in [0.25, 0.3) is 10.2 Å². The highest BCUT2D eigenvalue weighted by atomic mass is 32.1. The lowest BCUT2D eigenvalue weighted by molar-refractivity contribution is -0.143. The number of benzene rings is 2. The smallest absolute Gasteiger partial charge is 0.267 e. The van der Waals surface area contributed by atoms with Crippen LogP contribution >= 0.6 is 11.3 Å². The number of carbonyl (C=O) groups is 1. The predicted octanol–water partition coefficient (Wildman–Crippen LogP) is 4.52. The molecule has 1 heterocycles. The van der Waals surface area contributed by atoms with Crippen molar-refractivity contribution < 1.29 is 9.18 Å². The van der Waals surface area contributed by atoms with Gasteiger partial charge in [0.05, 0.1) is 16.1 Å². The largest absolute Gasteiger partial charge is 0.346 e. The molecular formula is C20H19FN2OS. The number of likely N-dealkylation sites (N-methyl/N-ethyl adjacent to an activating group) is 1. The van der Waals surface area contributed by atoms with E-state index in [0.717, 1.165) is 4.70 Å². The fraction of sp³-hybridized carbons (Fsp3) is 0.200. The number of halogens is 1. The molecule has 0 N–H and O–H groups in total. The van der Waals surface area contributed by atoms with Crippen molar-refractivity contribution in [3.63, 3.8) is 0 Å². The molecule has 0 unspecified atom stereocenters. The average Bonchev–Trinajstić information content (AvgIpc) is 3.07. The van der Waals surface area contributed by atoms with Gasteiger partial charge < -0.3 is 4.90 Å². The Morgan fingerprint density at radius 3 is 2.44 bits per heavy atom. The summed E-state index contributed by atoms with van der Waals surface area (Å²) in [5, 5.41) is 0.154. The van der Waals surface area contributed by atoms with Gasteiger partial charge >= 0.3 is 0 Å². The molecule has 1 aromatic heterocycles. The number of carbonyl (C=O) groups excluding carboxylic acids is 1. The van der Waals surface area contributed by atoms with Gasteiger partial charge in [0.2, 0.25) is 5.67 Å². The molecule has 0 fully saturated rings. The summed E-state index contributed by atoms with van der Waals surface area (Å²) in [5.41, 5.74) is -0.933. The van der Waals surface area contributed by atoms with Crippen LogP contribution in [0, 0.1) is 0 Å². The van der Waals surface area contributed by atoms with Crippen LogP contribution in [0.15, 0.2) is 67.3 Å². The van der Waals surface area contributed by atoms with Gasteiger partial charge in [0, 0.05) is 14.1 Å². The van der Waals surface area contributed by atoms with Crippen molar-refractivity contribution in [3.8, 4) is 0 Å². The van der Waals surface area contributed by atoms with Crippen molar-refractivity contribution in [2.45, 2.75) is 11.6 Å². The van der Waals surface area contributed by atoms with E-state index in [1.807, 2.05) is 42.5 Å². The van der Waals surface area contributed by atoms with Crippen LogP contribution in [0.4, 0.5) is 4.39 Å². The van der Waals surface area contributed by atoms with Crippen molar-refractivity contribution in [1.29, 1.82) is 0 Å². The molecule has 0 saturated heterocycles. The standard InChI is InChI=1S/C20H19FN2OS/c1-4-15(14-10-6-5-7-11-14)20(21,19(24)23(2)3)18-22-16-12-8-9-13-17(16)25-18/h4-13,15H,1H2,2-3H3/t15-,20-/m0/s1. The van der Waals surface area contributed by atoms with Gasteiger partial charge in [0.15, 0.2) is 0 Å². The fourth-order valence-electron chi connectivity index (χ4n) is 2.90. The van der Waals surface area contributed by atoms with E-state index in [2.05, 4.69) is 11.6 Å². The number of alkyl halides is 1. The SMILES string of the molecule is C=C[C@@H](c1ccccc1)[C@@](F)(C(=O)N(C)C)c1nc2ccccc2s1. The number of aromatic nitrogens is 1. The summed E-state index contributed by atoms with van der Waals surface area (Å²) in [6.45, 7) is 3.79. The van der Waals surface area contributed by atoms with Crippen molar-refractivity contribution >= 4 is 27.5 Å². The minimum absolute atomic E-state index is 0.154. The van der Waals surface area contributed by atoms with Gasteiger partial charge in [-0.3, -0.25) is 4.79 Å². The topological polar surface area (TPSA) is 33.2 Å². The zero-order valence-electron chi connectivity index (χ0n) is 14.1. The zero-order chi connectivity index (χ0) is 18.0. The second kappa shape index (κ2) is 6.76. The zero-order valence-corrected chi connectivity index (χ0v) is 15.0. The number of nitrogens with zero attached hydrogens (tertiary/aromatic N) is 2. The Hall–Kier alpha value is -2.53. The Morgan fingerprint density at radius 2 is 1.84 bits per heavy atom. The van der Waals surface area contributed by atoms with E-state index in [0.29, 0.717) is 11.1 Å². The Labute approximate surface area is 150 Å². The highest BCUT2D eigenvalue weighted by molar-refractivity contribution is 7.18. The normalized spacial score (nSPS) is 14.7. The van der Waals surface area contributed by atoms with Crippen LogP contribution in [0.5, 0.6) is 0 Å². The second-order valence-electron chi connectivity index (χ2n) is 6.02. The third-order valence-corrected chi connectivity index (χ3v) is 5.29. The summed E-state index contributed by atoms with van der Waals surface area (Å²) in [7, 11) is 3.10. The third-order valence-electron chi connectivity index (χ3n) is 4.15. The van der Waals surface area contributed by atoms with E-state index in [1.165, 1.54) is 22.3 Å². The van der Waals surface area contributed by atoms with Crippen LogP contribution in [0.3, 0.4) is 0 Å². The number of hydrogen-bond acceptors (Lipinski definition) is 3. The van der Waals surface area contributed by atoms with Crippen LogP contribution in [0.2, 0.25) is 0 Å². The lowest BCUT2D eigenvalue weighted by Gasteiger charge is -2.31. The van der Waals surface area contributed by atoms with Gasteiger partial charge in [0.25, 0.3) is 5.91 Å². The van der Waals surface area contributed by atoms with E-state index in [-0.39, 0.29) is 5.01 Å². The summed E-state index contributed by atoms with van der Waals surface area (Å²) in [5.74, 6) is -1.47. The van der Waals surface area contributed by atoms with E-state index in [1.54, 1.807) is 26.2 Å². The van der Waals surface area contributed by atoms with Gasteiger partial charge in [-0.2, -0.15) is 0 Å². The number of rotatable bonds is 5. The Kier molecular flexibility index (Phi) is 4.68. The van der Waals surface area contributed by atoms with Crippen LogP contribution in [0.1, 0.15) is 16.5 Å². The number of hydrogen-bond donors (Lipinski definition) is 0. The first kappa shape index (κ1) is 17.3. The van der Waals surface area contributed by atoms with Crippen LogP contribution < -0.4 is 0 Å².